The molecular formula is C36H44BrN6O3P. The van der Waals surface area contributed by atoms with Gasteiger partial charge in [-0.25, -0.2) is 4.98 Å². The fourth-order valence-corrected chi connectivity index (χ4v) is 7.98. The summed E-state index contributed by atoms with van der Waals surface area (Å²) in [5.74, 6) is 1.73. The van der Waals surface area contributed by atoms with Crippen molar-refractivity contribution in [1.82, 2.24) is 14.9 Å². The Bertz CT molecular complexity index is 1740. The minimum Gasteiger partial charge on any atom is -0.494 e. The summed E-state index contributed by atoms with van der Waals surface area (Å²) in [6.45, 7) is 11.6. The van der Waals surface area contributed by atoms with E-state index in [0.717, 1.165) is 92.2 Å². The normalized spacial score (nSPS) is 16.2. The first kappa shape index (κ1) is 33.5. The van der Waals surface area contributed by atoms with E-state index in [0.29, 0.717) is 22.3 Å². The smallest absolute Gasteiger partial charge is 0.229 e. The molecule has 0 atom stereocenters. The minimum atomic E-state index is -2.63. The van der Waals surface area contributed by atoms with Gasteiger partial charge in [0.1, 0.15) is 18.7 Å². The van der Waals surface area contributed by atoms with E-state index in [4.69, 9.17) is 14.5 Å². The molecule has 2 fully saturated rings. The van der Waals surface area contributed by atoms with Crippen LogP contribution in [0.15, 0.2) is 71.3 Å². The van der Waals surface area contributed by atoms with Crippen molar-refractivity contribution in [2.45, 2.75) is 32.2 Å². The molecule has 2 N–H and O–H groups in total. The number of aryl methyl sites for hydroxylation is 1. The maximum atomic E-state index is 13.4. The van der Waals surface area contributed by atoms with Crippen LogP contribution in [-0.2, 0) is 15.7 Å². The zero-order valence-electron chi connectivity index (χ0n) is 27.6. The molecule has 0 saturated carbocycles. The van der Waals surface area contributed by atoms with Crippen LogP contribution in [0.2, 0.25) is 0 Å². The second kappa shape index (κ2) is 14.8. The molecule has 0 bridgehead atoms. The standard InChI is InChI=1S/C36H44BrN6O3P/c1-5-25-21-31(33(45-2)23-32(25)43-15-13-28(14-16-43)42-17-19-46-20-18-42)40-36-38-24-29(37)35(41-36)39-30-12-11-27(22-34(30)47(3,4)44)26-9-7-6-8-10-26/h6-12,21-24,28H,5,13-20H2,1-4H3,(H2,38,39,40,41). The molecule has 11 heteroatoms. The first-order chi connectivity index (χ1) is 22.7. The SMILES string of the molecule is CCc1cc(Nc2ncc(Br)c(Nc3ccc(-c4ccccc4)cc3P(C)(C)=O)n2)c(OC)cc1N1CCC(N2CCOCC2)CC1. The maximum Gasteiger partial charge on any atom is 0.229 e. The first-order valence-corrected chi connectivity index (χ1v) is 19.7. The number of aromatic nitrogens is 2. The van der Waals surface area contributed by atoms with Gasteiger partial charge in [0, 0.05) is 55.5 Å². The highest BCUT2D eigenvalue weighted by Gasteiger charge is 2.27. The number of hydrogen-bond acceptors (Lipinski definition) is 9. The summed E-state index contributed by atoms with van der Waals surface area (Å²) in [4.78, 5) is 14.5. The molecule has 0 amide bonds. The molecule has 3 heterocycles. The Balaban J connectivity index is 1.22. The second-order valence-corrected chi connectivity index (χ2v) is 16.5. The van der Waals surface area contributed by atoms with Crippen LogP contribution >= 0.6 is 23.1 Å². The zero-order valence-corrected chi connectivity index (χ0v) is 30.1. The summed E-state index contributed by atoms with van der Waals surface area (Å²) in [5, 5.41) is 7.59. The van der Waals surface area contributed by atoms with Crippen LogP contribution in [0.25, 0.3) is 11.1 Å². The van der Waals surface area contributed by atoms with Crippen molar-refractivity contribution >= 4 is 57.2 Å². The fraction of sp³-hybridized carbons (Fsp3) is 0.389. The molecule has 1 aromatic heterocycles. The van der Waals surface area contributed by atoms with Crippen molar-refractivity contribution in [3.05, 3.63) is 76.9 Å². The molecule has 0 radical (unpaired) electrons. The highest BCUT2D eigenvalue weighted by Crippen LogP contribution is 2.41. The van der Waals surface area contributed by atoms with Crippen molar-refractivity contribution in [3.8, 4) is 16.9 Å². The quantitative estimate of drug-likeness (QED) is 0.162. The van der Waals surface area contributed by atoms with Crippen LogP contribution in [0.4, 0.5) is 28.8 Å². The third-order valence-electron chi connectivity index (χ3n) is 9.08. The van der Waals surface area contributed by atoms with Gasteiger partial charge in [-0.1, -0.05) is 43.3 Å². The van der Waals surface area contributed by atoms with Crippen molar-refractivity contribution in [2.75, 3.05) is 75.4 Å². The van der Waals surface area contributed by atoms with Crippen LogP contribution in [0.5, 0.6) is 5.75 Å². The fourth-order valence-electron chi connectivity index (χ4n) is 6.53. The summed E-state index contributed by atoms with van der Waals surface area (Å²) in [6.07, 6.45) is 4.90. The monoisotopic (exact) mass is 718 g/mol. The number of methoxy groups -OCH3 is 1. The Hall–Kier alpha value is -3.43. The third kappa shape index (κ3) is 7.83. The van der Waals surface area contributed by atoms with Gasteiger partial charge in [0.2, 0.25) is 5.95 Å². The molecule has 248 valence electrons. The zero-order chi connectivity index (χ0) is 33.0. The molecule has 2 saturated heterocycles. The predicted octanol–water partition coefficient (Wildman–Crippen LogP) is 7.51. The molecule has 6 rings (SSSR count). The Morgan fingerprint density at radius 2 is 1.70 bits per heavy atom. The van der Waals surface area contributed by atoms with Crippen LogP contribution in [0.1, 0.15) is 25.3 Å². The summed E-state index contributed by atoms with van der Waals surface area (Å²) in [5.41, 5.74) is 6.12. The number of anilines is 5. The molecule has 9 nitrogen and oxygen atoms in total. The highest BCUT2D eigenvalue weighted by molar-refractivity contribution is 9.10. The number of halogens is 1. The number of rotatable bonds is 10. The predicted molar refractivity (Wildman–Crippen MR) is 197 cm³/mol. The number of hydrogen-bond donors (Lipinski definition) is 2. The molecule has 3 aromatic carbocycles. The van der Waals surface area contributed by atoms with Gasteiger partial charge in [-0.3, -0.25) is 4.90 Å². The third-order valence-corrected chi connectivity index (χ3v) is 11.2. The second-order valence-electron chi connectivity index (χ2n) is 12.5. The van der Waals surface area contributed by atoms with Crippen molar-refractivity contribution < 1.29 is 14.0 Å². The Morgan fingerprint density at radius 1 is 0.957 bits per heavy atom. The van der Waals surface area contributed by atoms with E-state index in [1.807, 2.05) is 36.4 Å². The van der Waals surface area contributed by atoms with Crippen molar-refractivity contribution in [1.29, 1.82) is 0 Å². The lowest BCUT2D eigenvalue weighted by molar-refractivity contribution is 0.0115. The van der Waals surface area contributed by atoms with Gasteiger partial charge in [-0.15, -0.1) is 0 Å². The van der Waals surface area contributed by atoms with Crippen LogP contribution in [-0.4, -0.2) is 80.7 Å². The van der Waals surface area contributed by atoms with Gasteiger partial charge in [0.25, 0.3) is 0 Å². The summed E-state index contributed by atoms with van der Waals surface area (Å²) < 4.78 is 25.6. The Kier molecular flexibility index (Phi) is 10.5. The van der Waals surface area contributed by atoms with E-state index in [-0.39, 0.29) is 0 Å². The molecule has 47 heavy (non-hydrogen) atoms. The van der Waals surface area contributed by atoms with Crippen LogP contribution < -0.4 is 25.6 Å². The number of piperidine rings is 1. The van der Waals surface area contributed by atoms with E-state index >= 15 is 0 Å². The van der Waals surface area contributed by atoms with Crippen molar-refractivity contribution in [3.63, 3.8) is 0 Å². The number of morpholine rings is 1. The molecule has 0 spiro atoms. The topological polar surface area (TPSA) is 91.8 Å². The molecular weight excluding hydrogens is 675 g/mol. The molecule has 0 unspecified atom stereocenters. The summed E-state index contributed by atoms with van der Waals surface area (Å²) >= 11 is 3.61. The molecule has 2 aliphatic rings. The van der Waals surface area contributed by atoms with Gasteiger partial charge < -0.3 is 29.6 Å². The van der Waals surface area contributed by atoms with Gasteiger partial charge in [0.15, 0.2) is 0 Å². The average Bonchev–Trinajstić information content (AvgIpc) is 3.10. The number of nitrogens with one attached hydrogen (secondary N) is 2. The lowest BCUT2D eigenvalue weighted by atomic mass is 10.00. The highest BCUT2D eigenvalue weighted by atomic mass is 79.9. The van der Waals surface area contributed by atoms with E-state index in [1.165, 1.54) is 11.3 Å². The lowest BCUT2D eigenvalue weighted by Gasteiger charge is -2.41. The Labute approximate surface area is 286 Å². The largest absolute Gasteiger partial charge is 0.494 e. The number of benzene rings is 3. The van der Waals surface area contributed by atoms with Gasteiger partial charge in [-0.05, 0) is 83.4 Å². The summed E-state index contributed by atoms with van der Waals surface area (Å²) in [6, 6.07) is 21.1. The average molecular weight is 720 g/mol. The molecule has 0 aliphatic carbocycles. The maximum absolute atomic E-state index is 13.4. The minimum absolute atomic E-state index is 0.425. The van der Waals surface area contributed by atoms with Crippen LogP contribution in [0.3, 0.4) is 0 Å². The lowest BCUT2D eigenvalue weighted by Crippen LogP contribution is -2.49. The van der Waals surface area contributed by atoms with E-state index in [1.54, 1.807) is 26.6 Å². The van der Waals surface area contributed by atoms with E-state index in [2.05, 4.69) is 72.5 Å². The summed E-state index contributed by atoms with van der Waals surface area (Å²) in [7, 11) is -0.935. The van der Waals surface area contributed by atoms with Gasteiger partial charge >= 0.3 is 0 Å². The van der Waals surface area contributed by atoms with Crippen LogP contribution in [0, 0.1) is 0 Å². The molecule has 4 aromatic rings. The van der Waals surface area contributed by atoms with E-state index < -0.39 is 7.14 Å². The van der Waals surface area contributed by atoms with Gasteiger partial charge in [-0.2, -0.15) is 4.98 Å². The Morgan fingerprint density at radius 3 is 2.38 bits per heavy atom. The van der Waals surface area contributed by atoms with E-state index in [9.17, 15) is 4.57 Å². The number of nitrogens with zero attached hydrogens (tertiary/aromatic N) is 4. The van der Waals surface area contributed by atoms with Gasteiger partial charge in [0.05, 0.1) is 36.2 Å². The first-order valence-electron chi connectivity index (χ1n) is 16.3. The number of ether oxygens (including phenoxy) is 2. The molecule has 2 aliphatic heterocycles. The van der Waals surface area contributed by atoms with Crippen molar-refractivity contribution in [2.24, 2.45) is 0 Å².